The van der Waals surface area contributed by atoms with Crippen molar-refractivity contribution >= 4 is 29.3 Å². The monoisotopic (exact) mass is 354 g/mol. The summed E-state index contributed by atoms with van der Waals surface area (Å²) in [5.74, 6) is 1.04. The first-order valence-corrected chi connectivity index (χ1v) is 9.21. The molecule has 2 heterocycles. The van der Waals surface area contributed by atoms with Gasteiger partial charge in [0, 0.05) is 4.90 Å². The zero-order valence-corrected chi connectivity index (χ0v) is 14.4. The summed E-state index contributed by atoms with van der Waals surface area (Å²) < 4.78 is 5.71. The molecule has 0 aromatic heterocycles. The lowest BCUT2D eigenvalue weighted by Gasteiger charge is -2.30. The van der Waals surface area contributed by atoms with Gasteiger partial charge in [-0.15, -0.1) is 11.8 Å². The van der Waals surface area contributed by atoms with Crippen LogP contribution in [0, 0.1) is 0 Å². The maximum atomic E-state index is 12.5. The van der Waals surface area contributed by atoms with Crippen molar-refractivity contribution in [3.05, 3.63) is 54.1 Å². The number of nitrogens with one attached hydrogen (secondary N) is 1. The fourth-order valence-corrected chi connectivity index (χ4v) is 4.10. The molecule has 0 aliphatic carbocycles. The van der Waals surface area contributed by atoms with E-state index in [0.717, 1.165) is 28.3 Å². The van der Waals surface area contributed by atoms with Crippen LogP contribution in [0.2, 0.25) is 0 Å². The van der Waals surface area contributed by atoms with E-state index in [1.54, 1.807) is 4.90 Å². The largest absolute Gasteiger partial charge is 0.491 e. The van der Waals surface area contributed by atoms with Crippen LogP contribution in [-0.4, -0.2) is 36.8 Å². The Balaban J connectivity index is 1.42. The second-order valence-electron chi connectivity index (χ2n) is 6.12. The molecule has 5 nitrogen and oxygen atoms in total. The minimum absolute atomic E-state index is 0.0363. The van der Waals surface area contributed by atoms with Crippen LogP contribution in [0.3, 0.4) is 0 Å². The zero-order valence-electron chi connectivity index (χ0n) is 13.6. The molecule has 0 fully saturated rings. The van der Waals surface area contributed by atoms with Gasteiger partial charge in [0.25, 0.3) is 0 Å². The number of thioether (sulfide) groups is 1. The van der Waals surface area contributed by atoms with Gasteiger partial charge in [-0.25, -0.2) is 0 Å². The van der Waals surface area contributed by atoms with Crippen molar-refractivity contribution in [3.63, 3.8) is 0 Å². The lowest BCUT2D eigenvalue weighted by molar-refractivity contribution is -0.123. The van der Waals surface area contributed by atoms with E-state index >= 15 is 0 Å². The second kappa shape index (κ2) is 6.80. The van der Waals surface area contributed by atoms with Gasteiger partial charge in [0.2, 0.25) is 11.8 Å². The highest BCUT2D eigenvalue weighted by Crippen LogP contribution is 2.34. The van der Waals surface area contributed by atoms with E-state index in [1.165, 1.54) is 11.8 Å². The van der Waals surface area contributed by atoms with Gasteiger partial charge in [-0.1, -0.05) is 30.3 Å². The minimum Gasteiger partial charge on any atom is -0.491 e. The molecular weight excluding hydrogens is 336 g/mol. The van der Waals surface area contributed by atoms with Crippen molar-refractivity contribution in [1.29, 1.82) is 0 Å². The molecule has 128 valence electrons. The van der Waals surface area contributed by atoms with E-state index in [0.29, 0.717) is 12.4 Å². The highest BCUT2D eigenvalue weighted by atomic mass is 32.2. The summed E-state index contributed by atoms with van der Waals surface area (Å²) in [6, 6.07) is 15.5. The number of fused-ring (bicyclic) bond motifs is 2. The molecule has 2 aromatic carbocycles. The number of benzene rings is 2. The Morgan fingerprint density at radius 3 is 2.92 bits per heavy atom. The van der Waals surface area contributed by atoms with Gasteiger partial charge in [-0.2, -0.15) is 0 Å². The molecule has 2 aliphatic heterocycles. The van der Waals surface area contributed by atoms with Crippen molar-refractivity contribution in [3.8, 4) is 5.75 Å². The van der Waals surface area contributed by atoms with Gasteiger partial charge >= 0.3 is 0 Å². The fourth-order valence-electron chi connectivity index (χ4n) is 3.16. The van der Waals surface area contributed by atoms with Gasteiger partial charge in [0.15, 0.2) is 0 Å². The van der Waals surface area contributed by atoms with E-state index in [9.17, 15) is 9.59 Å². The highest BCUT2D eigenvalue weighted by Gasteiger charge is 2.28. The number of rotatable bonds is 3. The quantitative estimate of drug-likeness (QED) is 0.918. The van der Waals surface area contributed by atoms with Crippen LogP contribution >= 0.6 is 11.8 Å². The Morgan fingerprint density at radius 1 is 1.20 bits per heavy atom. The summed E-state index contributed by atoms with van der Waals surface area (Å²) in [7, 11) is 0. The molecule has 0 bridgehead atoms. The van der Waals surface area contributed by atoms with E-state index in [-0.39, 0.29) is 24.4 Å². The first kappa shape index (κ1) is 16.0. The maximum absolute atomic E-state index is 12.5. The summed E-state index contributed by atoms with van der Waals surface area (Å²) in [5.41, 5.74) is 1.90. The number of anilines is 1. The third kappa shape index (κ3) is 3.35. The lowest BCUT2D eigenvalue weighted by Crippen LogP contribution is -2.49. The summed E-state index contributed by atoms with van der Waals surface area (Å²) in [6.45, 7) is 0.484. The van der Waals surface area contributed by atoms with E-state index in [2.05, 4.69) is 5.32 Å². The lowest BCUT2D eigenvalue weighted by atomic mass is 10.0. The van der Waals surface area contributed by atoms with Crippen LogP contribution in [0.1, 0.15) is 5.56 Å². The molecule has 6 heteroatoms. The Kier molecular flexibility index (Phi) is 4.36. The smallest absolute Gasteiger partial charge is 0.240 e. The summed E-state index contributed by atoms with van der Waals surface area (Å²) in [4.78, 5) is 27.3. The Morgan fingerprint density at radius 2 is 2.00 bits per heavy atom. The molecule has 1 N–H and O–H groups in total. The highest BCUT2D eigenvalue weighted by molar-refractivity contribution is 8.00. The predicted octanol–water partition coefficient (Wildman–Crippen LogP) is 2.25. The molecule has 25 heavy (non-hydrogen) atoms. The van der Waals surface area contributed by atoms with Crippen LogP contribution in [0.5, 0.6) is 5.75 Å². The summed E-state index contributed by atoms with van der Waals surface area (Å²) >= 11 is 1.51. The van der Waals surface area contributed by atoms with Crippen molar-refractivity contribution < 1.29 is 14.3 Å². The van der Waals surface area contributed by atoms with Crippen LogP contribution in [0.25, 0.3) is 0 Å². The Hall–Kier alpha value is -2.47. The predicted molar refractivity (Wildman–Crippen MR) is 97.1 cm³/mol. The molecule has 0 saturated carbocycles. The van der Waals surface area contributed by atoms with Crippen molar-refractivity contribution in [2.75, 3.05) is 23.8 Å². The molecule has 2 aliphatic rings. The molecule has 0 saturated heterocycles. The van der Waals surface area contributed by atoms with Crippen molar-refractivity contribution in [2.45, 2.75) is 17.4 Å². The molecule has 4 rings (SSSR count). The van der Waals surface area contributed by atoms with Gasteiger partial charge in [0.05, 0.1) is 17.5 Å². The Bertz CT molecular complexity index is 824. The van der Waals surface area contributed by atoms with Gasteiger partial charge in [0.1, 0.15) is 18.9 Å². The molecular formula is C19H18N2O3S. The van der Waals surface area contributed by atoms with Gasteiger partial charge in [-0.3, -0.25) is 9.59 Å². The average molecular weight is 354 g/mol. The number of amides is 2. The standard InChI is InChI=1S/C19H18N2O3S/c22-18(20-14-9-13-5-1-3-7-16(13)24-11-14)10-21-15-6-2-4-8-17(15)25-12-19(21)23/h1-8,14H,9-12H2,(H,20,22)/t14-/m0/s1. The van der Waals surface area contributed by atoms with Crippen LogP contribution in [-0.2, 0) is 16.0 Å². The number of hydrogen-bond donors (Lipinski definition) is 1. The number of carbonyl (C=O) groups excluding carboxylic acids is 2. The molecule has 0 unspecified atom stereocenters. The molecule has 0 spiro atoms. The number of ether oxygens (including phenoxy) is 1. The van der Waals surface area contributed by atoms with E-state index in [4.69, 9.17) is 4.74 Å². The number of hydrogen-bond acceptors (Lipinski definition) is 4. The minimum atomic E-state index is -0.164. The first-order chi connectivity index (χ1) is 12.2. The second-order valence-corrected chi connectivity index (χ2v) is 7.14. The topological polar surface area (TPSA) is 58.6 Å². The first-order valence-electron chi connectivity index (χ1n) is 8.23. The molecule has 2 amide bonds. The number of carbonyl (C=O) groups is 2. The van der Waals surface area contributed by atoms with Crippen LogP contribution in [0.15, 0.2) is 53.4 Å². The normalized spacial score (nSPS) is 18.8. The average Bonchev–Trinajstić information content (AvgIpc) is 2.64. The van der Waals surface area contributed by atoms with E-state index in [1.807, 2.05) is 48.5 Å². The third-order valence-corrected chi connectivity index (χ3v) is 5.40. The zero-order chi connectivity index (χ0) is 17.2. The fraction of sp³-hybridized carbons (Fsp3) is 0.263. The SMILES string of the molecule is O=C(CN1C(=O)CSc2ccccc21)N[C@@H]1COc2ccccc2C1. The van der Waals surface area contributed by atoms with Crippen LogP contribution < -0.4 is 15.0 Å². The van der Waals surface area contributed by atoms with Crippen molar-refractivity contribution in [2.24, 2.45) is 0 Å². The molecule has 2 aromatic rings. The summed E-state index contributed by atoms with van der Waals surface area (Å²) in [6.07, 6.45) is 0.738. The summed E-state index contributed by atoms with van der Waals surface area (Å²) in [5, 5.41) is 2.99. The number of para-hydroxylation sites is 2. The number of nitrogens with zero attached hydrogens (tertiary/aromatic N) is 1. The molecule has 0 radical (unpaired) electrons. The maximum Gasteiger partial charge on any atom is 0.240 e. The van der Waals surface area contributed by atoms with Crippen molar-refractivity contribution in [1.82, 2.24) is 5.32 Å². The third-order valence-electron chi connectivity index (χ3n) is 4.35. The molecule has 1 atom stereocenters. The van der Waals surface area contributed by atoms with Crippen LogP contribution in [0.4, 0.5) is 5.69 Å². The van der Waals surface area contributed by atoms with Gasteiger partial charge < -0.3 is 15.0 Å². The van der Waals surface area contributed by atoms with E-state index < -0.39 is 0 Å². The van der Waals surface area contributed by atoms with Gasteiger partial charge in [-0.05, 0) is 30.2 Å². The Labute approximate surface area is 150 Å².